The Hall–Kier alpha value is -3.47. The molecule has 3 atom stereocenters. The average molecular weight is 483 g/mol. The zero-order chi connectivity index (χ0) is 25.5. The fourth-order valence-corrected chi connectivity index (χ4v) is 5.32. The second kappa shape index (κ2) is 12.0. The summed E-state index contributed by atoms with van der Waals surface area (Å²) in [5.41, 5.74) is 5.81. The van der Waals surface area contributed by atoms with Crippen molar-refractivity contribution in [2.24, 2.45) is 0 Å². The summed E-state index contributed by atoms with van der Waals surface area (Å²) in [7, 11) is 3.90. The van der Waals surface area contributed by atoms with E-state index in [0.717, 1.165) is 23.2 Å². The van der Waals surface area contributed by atoms with Gasteiger partial charge < -0.3 is 9.64 Å². The highest BCUT2D eigenvalue weighted by atomic mass is 19.1. The second-order valence-corrected chi connectivity index (χ2v) is 9.12. The van der Waals surface area contributed by atoms with Crippen molar-refractivity contribution in [3.8, 4) is 0 Å². The van der Waals surface area contributed by atoms with Crippen LogP contribution in [0.25, 0.3) is 5.57 Å². The van der Waals surface area contributed by atoms with E-state index in [0.29, 0.717) is 13.0 Å². The van der Waals surface area contributed by atoms with Crippen molar-refractivity contribution < 1.29 is 9.13 Å². The Morgan fingerprint density at radius 3 is 2.19 bits per heavy atom. The molecule has 1 aliphatic heterocycles. The van der Waals surface area contributed by atoms with Gasteiger partial charge in [0.1, 0.15) is 5.82 Å². The van der Waals surface area contributed by atoms with Gasteiger partial charge in [-0.3, -0.25) is 4.90 Å². The molecular formula is C32H35FN2O. The summed E-state index contributed by atoms with van der Waals surface area (Å²) in [6.07, 6.45) is 5.20. The topological polar surface area (TPSA) is 15.7 Å². The Morgan fingerprint density at radius 2 is 1.61 bits per heavy atom. The lowest BCUT2D eigenvalue weighted by atomic mass is 9.81. The molecule has 0 aliphatic carbocycles. The minimum Gasteiger partial charge on any atom is -0.379 e. The number of benzene rings is 3. The first-order valence-electron chi connectivity index (χ1n) is 12.4. The minimum absolute atomic E-state index is 0.0182. The molecule has 0 aromatic heterocycles. The predicted octanol–water partition coefficient (Wildman–Crippen LogP) is 7.27. The molecule has 0 bridgehead atoms. The Labute approximate surface area is 214 Å². The van der Waals surface area contributed by atoms with Gasteiger partial charge in [-0.1, -0.05) is 72.8 Å². The Kier molecular flexibility index (Phi) is 8.52. The maximum Gasteiger partial charge on any atom is 0.123 e. The van der Waals surface area contributed by atoms with E-state index in [1.54, 1.807) is 19.2 Å². The molecule has 3 nitrogen and oxygen atoms in total. The van der Waals surface area contributed by atoms with E-state index in [-0.39, 0.29) is 24.0 Å². The van der Waals surface area contributed by atoms with Gasteiger partial charge in [0.2, 0.25) is 0 Å². The molecule has 36 heavy (non-hydrogen) atoms. The summed E-state index contributed by atoms with van der Waals surface area (Å²) in [6, 6.07) is 27.8. The molecule has 0 radical (unpaired) electrons. The first-order valence-corrected chi connectivity index (χ1v) is 12.4. The number of hydrogen-bond donors (Lipinski definition) is 0. The van der Waals surface area contributed by atoms with Crippen molar-refractivity contribution in [3.63, 3.8) is 0 Å². The van der Waals surface area contributed by atoms with Crippen molar-refractivity contribution in [1.29, 1.82) is 0 Å². The highest BCUT2D eigenvalue weighted by molar-refractivity contribution is 5.78. The van der Waals surface area contributed by atoms with E-state index < -0.39 is 0 Å². The number of hydrogen-bond acceptors (Lipinski definition) is 3. The third kappa shape index (κ3) is 5.35. The Bertz CT molecular complexity index is 1170. The van der Waals surface area contributed by atoms with Gasteiger partial charge in [0.25, 0.3) is 0 Å². The first kappa shape index (κ1) is 25.6. The van der Waals surface area contributed by atoms with E-state index in [2.05, 4.69) is 78.5 Å². The number of anilines is 1. The number of para-hydroxylation sites is 1. The summed E-state index contributed by atoms with van der Waals surface area (Å²) < 4.78 is 20.0. The number of halogens is 1. The molecule has 1 aliphatic rings. The SMILES string of the molecule is C=CC[C@@H](OC)[C@H]1C(c2ccccc2)=C(N(C)c2ccccc2)C[C@@H](c2ccc(F)cc2)N1CC=C. The van der Waals surface area contributed by atoms with Gasteiger partial charge in [-0.25, -0.2) is 4.39 Å². The molecule has 0 fully saturated rings. The maximum atomic E-state index is 13.9. The molecule has 4 heteroatoms. The number of ether oxygens (including phenoxy) is 1. The molecule has 0 unspecified atom stereocenters. The van der Waals surface area contributed by atoms with Crippen LogP contribution in [0.5, 0.6) is 0 Å². The summed E-state index contributed by atoms with van der Waals surface area (Å²) in [4.78, 5) is 4.74. The van der Waals surface area contributed by atoms with Crippen LogP contribution in [0.15, 0.2) is 116 Å². The summed E-state index contributed by atoms with van der Waals surface area (Å²) in [5, 5.41) is 0. The van der Waals surface area contributed by atoms with Crippen molar-refractivity contribution in [2.45, 2.75) is 31.0 Å². The van der Waals surface area contributed by atoms with Gasteiger partial charge in [0.05, 0.1) is 12.1 Å². The van der Waals surface area contributed by atoms with Gasteiger partial charge in [0.15, 0.2) is 0 Å². The molecule has 0 spiro atoms. The Balaban J connectivity index is 1.99. The molecule has 0 saturated heterocycles. The van der Waals surface area contributed by atoms with Crippen LogP contribution >= 0.6 is 0 Å². The third-order valence-electron chi connectivity index (χ3n) is 7.03. The van der Waals surface area contributed by atoms with Gasteiger partial charge in [-0.2, -0.15) is 0 Å². The van der Waals surface area contributed by atoms with Gasteiger partial charge in [0, 0.05) is 44.5 Å². The average Bonchev–Trinajstić information content (AvgIpc) is 2.93. The van der Waals surface area contributed by atoms with Crippen molar-refractivity contribution >= 4 is 11.3 Å². The second-order valence-electron chi connectivity index (χ2n) is 9.12. The van der Waals surface area contributed by atoms with E-state index in [4.69, 9.17) is 4.74 Å². The lowest BCUT2D eigenvalue weighted by Gasteiger charge is -2.48. The highest BCUT2D eigenvalue weighted by Crippen LogP contribution is 2.45. The number of methoxy groups -OCH3 is 1. The van der Waals surface area contributed by atoms with E-state index in [1.165, 1.54) is 11.3 Å². The third-order valence-corrected chi connectivity index (χ3v) is 7.03. The van der Waals surface area contributed by atoms with Crippen LogP contribution in [0.2, 0.25) is 0 Å². The summed E-state index contributed by atoms with van der Waals surface area (Å²) in [5.74, 6) is -0.232. The largest absolute Gasteiger partial charge is 0.379 e. The molecule has 4 rings (SSSR count). The van der Waals surface area contributed by atoms with Crippen molar-refractivity contribution in [1.82, 2.24) is 4.90 Å². The van der Waals surface area contributed by atoms with E-state index >= 15 is 0 Å². The molecule has 0 N–H and O–H groups in total. The van der Waals surface area contributed by atoms with E-state index in [1.807, 2.05) is 36.4 Å². The summed E-state index contributed by atoms with van der Waals surface area (Å²) in [6.45, 7) is 8.76. The normalized spacial score (nSPS) is 19.1. The molecule has 0 saturated carbocycles. The first-order chi connectivity index (χ1) is 17.6. The smallest absolute Gasteiger partial charge is 0.123 e. The van der Waals surface area contributed by atoms with Gasteiger partial charge >= 0.3 is 0 Å². The van der Waals surface area contributed by atoms with Gasteiger partial charge in [-0.05, 0) is 47.4 Å². The van der Waals surface area contributed by atoms with Crippen LogP contribution in [0, 0.1) is 5.82 Å². The Morgan fingerprint density at radius 1 is 0.972 bits per heavy atom. The maximum absolute atomic E-state index is 13.9. The van der Waals surface area contributed by atoms with Crippen LogP contribution in [0.1, 0.15) is 30.0 Å². The molecule has 3 aromatic carbocycles. The molecule has 1 heterocycles. The standard InChI is InChI=1S/C32H35FN2O/c1-5-13-30(36-4)32-31(25-14-9-7-10-15-25)29(34(3)27-16-11-8-12-17-27)23-28(35(32)22-6-2)24-18-20-26(33)21-19-24/h5-12,14-21,28,30,32H,1-2,13,22-23H2,3-4H3/t28-,30+,32-/m0/s1. The molecule has 186 valence electrons. The molecule has 3 aromatic rings. The van der Waals surface area contributed by atoms with Crippen LogP contribution in [0.4, 0.5) is 10.1 Å². The quantitative estimate of drug-likeness (QED) is 0.283. The van der Waals surface area contributed by atoms with Crippen molar-refractivity contribution in [3.05, 3.63) is 133 Å². The predicted molar refractivity (Wildman–Crippen MR) is 148 cm³/mol. The van der Waals surface area contributed by atoms with E-state index in [9.17, 15) is 4.39 Å². The highest BCUT2D eigenvalue weighted by Gasteiger charge is 2.42. The zero-order valence-corrected chi connectivity index (χ0v) is 21.2. The fourth-order valence-electron chi connectivity index (χ4n) is 5.32. The van der Waals surface area contributed by atoms with Crippen molar-refractivity contribution in [2.75, 3.05) is 25.6 Å². The number of rotatable bonds is 10. The lowest BCUT2D eigenvalue weighted by molar-refractivity contribution is 0.0215. The fraction of sp³-hybridized carbons (Fsp3) is 0.250. The van der Waals surface area contributed by atoms with Crippen LogP contribution in [-0.4, -0.2) is 37.7 Å². The van der Waals surface area contributed by atoms with Gasteiger partial charge in [-0.15, -0.1) is 13.2 Å². The van der Waals surface area contributed by atoms with Crippen LogP contribution in [0.3, 0.4) is 0 Å². The zero-order valence-electron chi connectivity index (χ0n) is 21.2. The molecule has 0 amide bonds. The van der Waals surface area contributed by atoms with Crippen LogP contribution < -0.4 is 4.90 Å². The minimum atomic E-state index is -0.232. The van der Waals surface area contributed by atoms with Crippen LogP contribution in [-0.2, 0) is 4.74 Å². The molecular weight excluding hydrogens is 447 g/mol. The monoisotopic (exact) mass is 482 g/mol. The lowest BCUT2D eigenvalue weighted by Crippen LogP contribution is -2.51. The summed E-state index contributed by atoms with van der Waals surface area (Å²) >= 11 is 0. The number of nitrogens with zero attached hydrogens (tertiary/aromatic N) is 2.